The monoisotopic (exact) mass is 554 g/mol. The van der Waals surface area contributed by atoms with Crippen molar-refractivity contribution in [2.75, 3.05) is 36.9 Å². The van der Waals surface area contributed by atoms with E-state index in [1.807, 2.05) is 39.8 Å². The average molecular weight is 555 g/mol. The van der Waals surface area contributed by atoms with E-state index in [1.54, 1.807) is 16.8 Å². The summed E-state index contributed by atoms with van der Waals surface area (Å²) in [4.78, 5) is 11.9. The zero-order valence-electron chi connectivity index (χ0n) is 23.4. The molecule has 0 amide bonds. The van der Waals surface area contributed by atoms with E-state index in [0.717, 1.165) is 30.3 Å². The SMILES string of the molecule is CCN(CC)c1ccc(N=C2C(C(C)(C)C)=Nn3c2nnc3-c2cc(OC)c(OC)cc2NS(=O)O)c(C)n1. The van der Waals surface area contributed by atoms with Crippen molar-refractivity contribution in [1.29, 1.82) is 0 Å². The molecule has 0 radical (unpaired) electrons. The zero-order chi connectivity index (χ0) is 28.5. The second-order valence-corrected chi connectivity index (χ2v) is 10.6. The number of hydrogen-bond donors (Lipinski definition) is 2. The maximum atomic E-state index is 11.7. The van der Waals surface area contributed by atoms with E-state index in [2.05, 4.69) is 33.7 Å². The predicted molar refractivity (Wildman–Crippen MR) is 154 cm³/mol. The number of pyridine rings is 1. The summed E-state index contributed by atoms with van der Waals surface area (Å²) in [7, 11) is 3.00. The Morgan fingerprint density at radius 2 is 1.72 bits per heavy atom. The molecule has 1 aliphatic rings. The van der Waals surface area contributed by atoms with Crippen LogP contribution < -0.4 is 19.1 Å². The molecule has 0 spiro atoms. The molecular weight excluding hydrogens is 520 g/mol. The second-order valence-electron chi connectivity index (χ2n) is 9.87. The van der Waals surface area contributed by atoms with Gasteiger partial charge in [0.2, 0.25) is 5.82 Å². The molecule has 2 N–H and O–H groups in total. The molecule has 39 heavy (non-hydrogen) atoms. The molecule has 0 fully saturated rings. The number of fused-ring (bicyclic) bond motifs is 1. The van der Waals surface area contributed by atoms with Gasteiger partial charge in [0.1, 0.15) is 11.5 Å². The fourth-order valence-electron chi connectivity index (χ4n) is 4.30. The number of anilines is 2. The Balaban J connectivity index is 1.88. The van der Waals surface area contributed by atoms with Crippen LogP contribution in [-0.4, -0.2) is 67.4 Å². The van der Waals surface area contributed by atoms with Crippen molar-refractivity contribution >= 4 is 39.9 Å². The molecule has 12 nitrogen and oxygen atoms in total. The van der Waals surface area contributed by atoms with Gasteiger partial charge in [-0.1, -0.05) is 20.8 Å². The Bertz CT molecular complexity index is 1470. The number of benzene rings is 1. The number of nitrogens with one attached hydrogen (secondary N) is 1. The predicted octanol–water partition coefficient (Wildman–Crippen LogP) is 4.45. The van der Waals surface area contributed by atoms with Crippen LogP contribution in [0.15, 0.2) is 34.4 Å². The summed E-state index contributed by atoms with van der Waals surface area (Å²) >= 11 is -2.34. The quantitative estimate of drug-likeness (QED) is 0.370. The first-order chi connectivity index (χ1) is 18.5. The highest BCUT2D eigenvalue weighted by atomic mass is 32.2. The molecule has 0 saturated carbocycles. The number of hydrogen-bond acceptors (Lipinski definition) is 9. The van der Waals surface area contributed by atoms with Crippen LogP contribution in [0.2, 0.25) is 0 Å². The van der Waals surface area contributed by atoms with Crippen molar-refractivity contribution in [2.45, 2.75) is 41.5 Å². The first-order valence-corrected chi connectivity index (χ1v) is 13.6. The van der Waals surface area contributed by atoms with Gasteiger partial charge in [-0.05, 0) is 39.0 Å². The number of rotatable bonds is 9. The van der Waals surface area contributed by atoms with Crippen LogP contribution in [0.25, 0.3) is 11.4 Å². The van der Waals surface area contributed by atoms with Crippen LogP contribution >= 0.6 is 0 Å². The number of aliphatic imine (C=N–C) groups is 1. The molecule has 4 rings (SSSR count). The van der Waals surface area contributed by atoms with Crippen LogP contribution in [0.3, 0.4) is 0 Å². The lowest BCUT2D eigenvalue weighted by atomic mass is 9.87. The first-order valence-electron chi connectivity index (χ1n) is 12.5. The molecule has 1 aromatic carbocycles. The summed E-state index contributed by atoms with van der Waals surface area (Å²) in [5.74, 6) is 2.50. The molecule has 1 atom stereocenters. The van der Waals surface area contributed by atoms with Crippen LogP contribution in [0.5, 0.6) is 11.5 Å². The highest BCUT2D eigenvalue weighted by Gasteiger charge is 2.36. The van der Waals surface area contributed by atoms with Gasteiger partial charge < -0.3 is 14.4 Å². The van der Waals surface area contributed by atoms with Gasteiger partial charge in [0.05, 0.1) is 37.0 Å². The first kappa shape index (κ1) is 28.2. The summed E-state index contributed by atoms with van der Waals surface area (Å²) in [6, 6.07) is 7.15. The lowest BCUT2D eigenvalue weighted by Crippen LogP contribution is -2.27. The number of methoxy groups -OCH3 is 2. The largest absolute Gasteiger partial charge is 0.493 e. The zero-order valence-corrected chi connectivity index (χ0v) is 24.3. The van der Waals surface area contributed by atoms with E-state index in [0.29, 0.717) is 45.8 Å². The number of aryl methyl sites for hydroxylation is 1. The van der Waals surface area contributed by atoms with Crippen molar-refractivity contribution < 1.29 is 18.2 Å². The molecule has 1 aliphatic heterocycles. The van der Waals surface area contributed by atoms with E-state index in [9.17, 15) is 8.76 Å². The molecule has 3 heterocycles. The van der Waals surface area contributed by atoms with Gasteiger partial charge in [-0.3, -0.25) is 9.27 Å². The van der Waals surface area contributed by atoms with Gasteiger partial charge in [-0.2, -0.15) is 9.78 Å². The summed E-state index contributed by atoms with van der Waals surface area (Å²) in [5, 5.41) is 13.7. The normalized spacial score (nSPS) is 14.7. The fraction of sp³-hybridized carbons (Fsp3) is 0.423. The van der Waals surface area contributed by atoms with Gasteiger partial charge in [-0.25, -0.2) is 14.2 Å². The molecule has 0 aliphatic carbocycles. The highest BCUT2D eigenvalue weighted by molar-refractivity contribution is 7.80. The minimum absolute atomic E-state index is 0.300. The Morgan fingerprint density at radius 1 is 1.08 bits per heavy atom. The Hall–Kier alpha value is -3.84. The van der Waals surface area contributed by atoms with Crippen molar-refractivity contribution in [3.05, 3.63) is 35.8 Å². The van der Waals surface area contributed by atoms with Crippen LogP contribution in [-0.2, 0) is 11.3 Å². The van der Waals surface area contributed by atoms with Crippen LogP contribution in [0, 0.1) is 12.3 Å². The highest BCUT2D eigenvalue weighted by Crippen LogP contribution is 2.40. The summed E-state index contributed by atoms with van der Waals surface area (Å²) < 4.78 is 36.2. The van der Waals surface area contributed by atoms with Crippen molar-refractivity contribution in [3.63, 3.8) is 0 Å². The Morgan fingerprint density at radius 3 is 2.28 bits per heavy atom. The molecule has 0 saturated heterocycles. The maximum absolute atomic E-state index is 11.7. The molecule has 1 unspecified atom stereocenters. The van der Waals surface area contributed by atoms with E-state index in [-0.39, 0.29) is 5.41 Å². The summed E-state index contributed by atoms with van der Waals surface area (Å²) in [6.07, 6.45) is 0. The lowest BCUT2D eigenvalue weighted by Gasteiger charge is -2.20. The Labute approximate surface area is 230 Å². The standard InChI is InChI=1S/C26H34N8O4S/c1-9-33(10-2)21-12-11-17(15(3)27-21)28-22-23(26(4,5)6)31-34-24(29-30-25(22)34)16-13-19(37-7)20(38-8)14-18(16)32-39(35)36/h11-14,32H,9-10H2,1-8H3,(H,35,36). The molecule has 0 bridgehead atoms. The van der Waals surface area contributed by atoms with E-state index in [4.69, 9.17) is 24.6 Å². The maximum Gasteiger partial charge on any atom is 0.259 e. The van der Waals surface area contributed by atoms with E-state index in [1.165, 1.54) is 14.2 Å². The third-order valence-electron chi connectivity index (χ3n) is 6.31. The lowest BCUT2D eigenvalue weighted by molar-refractivity contribution is 0.355. The van der Waals surface area contributed by atoms with Gasteiger partial charge in [-0.15, -0.1) is 10.2 Å². The number of nitrogens with zero attached hydrogens (tertiary/aromatic N) is 7. The van der Waals surface area contributed by atoms with E-state index < -0.39 is 11.3 Å². The van der Waals surface area contributed by atoms with Crippen molar-refractivity contribution in [1.82, 2.24) is 19.9 Å². The van der Waals surface area contributed by atoms with Crippen LogP contribution in [0.1, 0.15) is 46.1 Å². The third kappa shape index (κ3) is 5.50. The topological polar surface area (TPSA) is 139 Å². The fourth-order valence-corrected chi connectivity index (χ4v) is 4.65. The molecule has 2 aromatic heterocycles. The van der Waals surface area contributed by atoms with Gasteiger partial charge in [0, 0.05) is 30.1 Å². The van der Waals surface area contributed by atoms with E-state index >= 15 is 0 Å². The number of aromatic nitrogens is 4. The molecule has 208 valence electrons. The van der Waals surface area contributed by atoms with Gasteiger partial charge in [0.15, 0.2) is 17.3 Å². The third-order valence-corrected chi connectivity index (χ3v) is 6.71. The Kier molecular flexibility index (Phi) is 8.02. The second kappa shape index (κ2) is 11.1. The molecular formula is C26H34N8O4S. The minimum atomic E-state index is -2.34. The van der Waals surface area contributed by atoms with Crippen LogP contribution in [0.4, 0.5) is 17.2 Å². The minimum Gasteiger partial charge on any atom is -0.493 e. The smallest absolute Gasteiger partial charge is 0.259 e. The summed E-state index contributed by atoms with van der Waals surface area (Å²) in [6.45, 7) is 14.0. The van der Waals surface area contributed by atoms with Gasteiger partial charge >= 0.3 is 0 Å². The molecule has 3 aromatic rings. The van der Waals surface area contributed by atoms with Crippen molar-refractivity contribution in [3.8, 4) is 22.9 Å². The van der Waals surface area contributed by atoms with Gasteiger partial charge in [0.25, 0.3) is 11.3 Å². The van der Waals surface area contributed by atoms with Crippen molar-refractivity contribution in [2.24, 2.45) is 15.5 Å². The average Bonchev–Trinajstić information content (AvgIpc) is 3.46. The number of ether oxygens (including phenoxy) is 2. The molecule has 13 heteroatoms. The summed E-state index contributed by atoms with van der Waals surface area (Å²) in [5.41, 5.74) is 3.19.